The van der Waals surface area contributed by atoms with Gasteiger partial charge in [-0.05, 0) is 30.3 Å². The molecule has 2 heterocycles. The Morgan fingerprint density at radius 1 is 1.06 bits per heavy atom. The van der Waals surface area contributed by atoms with Crippen LogP contribution in [-0.4, -0.2) is 45.1 Å². The molecule has 33 heavy (non-hydrogen) atoms. The molecule has 170 valence electrons. The normalized spacial score (nSPS) is 22.0. The highest BCUT2D eigenvalue weighted by atomic mass is 79.9. The van der Waals surface area contributed by atoms with Crippen LogP contribution in [0.2, 0.25) is 0 Å². The van der Waals surface area contributed by atoms with Crippen molar-refractivity contribution in [2.45, 2.75) is 24.6 Å². The lowest BCUT2D eigenvalue weighted by molar-refractivity contribution is -0.0200. The summed E-state index contributed by atoms with van der Waals surface area (Å²) in [5.41, 5.74) is -0.148. The molecule has 0 radical (unpaired) electrons. The van der Waals surface area contributed by atoms with Gasteiger partial charge in [0.05, 0.1) is 5.56 Å². The fourth-order valence-corrected chi connectivity index (χ4v) is 3.92. The highest BCUT2D eigenvalue weighted by molar-refractivity contribution is 9.09. The Morgan fingerprint density at radius 2 is 1.70 bits per heavy atom. The SMILES string of the molecule is O=C(Nc1ccn(C2OC(CBr)C(OC(=O)c3ccccc3)C2F)c(=O)n1)c1ccccc1. The van der Waals surface area contributed by atoms with Crippen LogP contribution in [0.15, 0.2) is 77.7 Å². The zero-order valence-corrected chi connectivity index (χ0v) is 18.7. The van der Waals surface area contributed by atoms with E-state index in [9.17, 15) is 14.4 Å². The van der Waals surface area contributed by atoms with E-state index in [1.165, 1.54) is 12.3 Å². The van der Waals surface area contributed by atoms with E-state index >= 15 is 4.39 Å². The number of benzene rings is 2. The van der Waals surface area contributed by atoms with Crippen LogP contribution in [-0.2, 0) is 9.47 Å². The number of ether oxygens (including phenoxy) is 2. The maximum atomic E-state index is 15.3. The Hall–Kier alpha value is -3.37. The highest BCUT2D eigenvalue weighted by Crippen LogP contribution is 2.34. The lowest BCUT2D eigenvalue weighted by Crippen LogP contribution is -2.36. The third-order valence-corrected chi connectivity index (χ3v) is 5.69. The van der Waals surface area contributed by atoms with E-state index in [0.29, 0.717) is 5.56 Å². The molecular formula is C23H19BrFN3O5. The first-order valence-corrected chi connectivity index (χ1v) is 11.2. The van der Waals surface area contributed by atoms with Crippen molar-refractivity contribution in [3.8, 4) is 0 Å². The fraction of sp³-hybridized carbons (Fsp3) is 0.217. The number of carbonyl (C=O) groups is 2. The van der Waals surface area contributed by atoms with Crippen LogP contribution < -0.4 is 11.0 Å². The predicted octanol–water partition coefficient (Wildman–Crippen LogP) is 3.35. The molecule has 1 amide bonds. The lowest BCUT2D eigenvalue weighted by atomic mass is 10.1. The number of aromatic nitrogens is 2. The summed E-state index contributed by atoms with van der Waals surface area (Å²) in [5.74, 6) is -1.11. The molecule has 3 aromatic rings. The topological polar surface area (TPSA) is 99.5 Å². The molecule has 8 nitrogen and oxygen atoms in total. The third kappa shape index (κ3) is 5.01. The summed E-state index contributed by atoms with van der Waals surface area (Å²) in [6.07, 6.45) is -3.93. The number of carbonyl (C=O) groups excluding carboxylic acids is 2. The minimum atomic E-state index is -1.82. The summed E-state index contributed by atoms with van der Waals surface area (Å²) >= 11 is 3.24. The number of esters is 1. The highest BCUT2D eigenvalue weighted by Gasteiger charge is 2.48. The van der Waals surface area contributed by atoms with Gasteiger partial charge in [0.1, 0.15) is 11.9 Å². The van der Waals surface area contributed by atoms with Crippen molar-refractivity contribution in [2.24, 2.45) is 0 Å². The molecule has 2 aromatic carbocycles. The van der Waals surface area contributed by atoms with E-state index in [-0.39, 0.29) is 16.7 Å². The van der Waals surface area contributed by atoms with Crippen LogP contribution >= 0.6 is 15.9 Å². The van der Waals surface area contributed by atoms with Gasteiger partial charge >= 0.3 is 11.7 Å². The average Bonchev–Trinajstić information content (AvgIpc) is 3.15. The van der Waals surface area contributed by atoms with Gasteiger partial charge in [-0.3, -0.25) is 9.36 Å². The number of nitrogens with one attached hydrogen (secondary N) is 1. The Kier molecular flexibility index (Phi) is 6.95. The van der Waals surface area contributed by atoms with Gasteiger partial charge in [0.15, 0.2) is 18.5 Å². The number of anilines is 1. The molecule has 10 heteroatoms. The van der Waals surface area contributed by atoms with Gasteiger partial charge in [-0.25, -0.2) is 14.0 Å². The smallest absolute Gasteiger partial charge is 0.351 e. The zero-order chi connectivity index (χ0) is 23.4. The maximum Gasteiger partial charge on any atom is 0.351 e. The summed E-state index contributed by atoms with van der Waals surface area (Å²) in [6, 6.07) is 18.0. The number of nitrogens with zero attached hydrogens (tertiary/aromatic N) is 2. The van der Waals surface area contributed by atoms with E-state index in [1.807, 2.05) is 0 Å². The van der Waals surface area contributed by atoms with Crippen molar-refractivity contribution < 1.29 is 23.5 Å². The van der Waals surface area contributed by atoms with Crippen molar-refractivity contribution >= 4 is 33.6 Å². The quantitative estimate of drug-likeness (QED) is 0.399. The molecule has 4 atom stereocenters. The fourth-order valence-electron chi connectivity index (χ4n) is 3.40. The first-order valence-electron chi connectivity index (χ1n) is 10.0. The van der Waals surface area contributed by atoms with Crippen molar-refractivity contribution in [1.29, 1.82) is 0 Å². The molecule has 1 fully saturated rings. The van der Waals surface area contributed by atoms with E-state index in [2.05, 4.69) is 26.2 Å². The number of alkyl halides is 2. The Balaban J connectivity index is 1.49. The second-order valence-corrected chi connectivity index (χ2v) is 7.87. The molecule has 1 aliphatic rings. The summed E-state index contributed by atoms with van der Waals surface area (Å²) in [6.45, 7) is 0. The molecule has 1 aromatic heterocycles. The Labute approximate surface area is 196 Å². The third-order valence-electron chi connectivity index (χ3n) is 5.05. The summed E-state index contributed by atoms with van der Waals surface area (Å²) in [5, 5.41) is 2.71. The summed E-state index contributed by atoms with van der Waals surface area (Å²) < 4.78 is 27.3. The van der Waals surface area contributed by atoms with Gasteiger partial charge in [0.25, 0.3) is 5.91 Å². The van der Waals surface area contributed by atoms with Gasteiger partial charge in [-0.1, -0.05) is 52.3 Å². The predicted molar refractivity (Wildman–Crippen MR) is 121 cm³/mol. The van der Waals surface area contributed by atoms with Crippen LogP contribution in [0.25, 0.3) is 0 Å². The lowest BCUT2D eigenvalue weighted by Gasteiger charge is -2.18. The number of rotatable bonds is 6. The Bertz CT molecular complexity index is 1190. The number of halogens is 2. The minimum absolute atomic E-state index is 0.0163. The van der Waals surface area contributed by atoms with Crippen molar-refractivity contribution in [2.75, 3.05) is 10.6 Å². The van der Waals surface area contributed by atoms with E-state index < -0.39 is 42.2 Å². The molecule has 0 bridgehead atoms. The molecule has 4 unspecified atom stereocenters. The maximum absolute atomic E-state index is 15.3. The van der Waals surface area contributed by atoms with Crippen molar-refractivity contribution in [3.63, 3.8) is 0 Å². The van der Waals surface area contributed by atoms with Gasteiger partial charge in [0.2, 0.25) is 0 Å². The van der Waals surface area contributed by atoms with Gasteiger partial charge < -0.3 is 14.8 Å². The molecular weight excluding hydrogens is 497 g/mol. The monoisotopic (exact) mass is 515 g/mol. The van der Waals surface area contributed by atoms with E-state index in [1.54, 1.807) is 60.7 Å². The molecule has 0 saturated carbocycles. The number of amides is 1. The van der Waals surface area contributed by atoms with Crippen LogP contribution in [0.1, 0.15) is 26.9 Å². The average molecular weight is 516 g/mol. The van der Waals surface area contributed by atoms with Crippen molar-refractivity contribution in [1.82, 2.24) is 9.55 Å². The first kappa shape index (κ1) is 22.8. The van der Waals surface area contributed by atoms with Crippen LogP contribution in [0.3, 0.4) is 0 Å². The van der Waals surface area contributed by atoms with Gasteiger partial charge in [-0.2, -0.15) is 4.98 Å². The molecule has 0 spiro atoms. The number of hydrogen-bond acceptors (Lipinski definition) is 6. The molecule has 0 aliphatic carbocycles. The minimum Gasteiger partial charge on any atom is -0.453 e. The Morgan fingerprint density at radius 3 is 2.30 bits per heavy atom. The molecule has 1 N–H and O–H groups in total. The van der Waals surface area contributed by atoms with Gasteiger partial charge in [-0.15, -0.1) is 0 Å². The van der Waals surface area contributed by atoms with E-state index in [0.717, 1.165) is 4.57 Å². The summed E-state index contributed by atoms with van der Waals surface area (Å²) in [4.78, 5) is 41.0. The van der Waals surface area contributed by atoms with E-state index in [4.69, 9.17) is 9.47 Å². The summed E-state index contributed by atoms with van der Waals surface area (Å²) in [7, 11) is 0. The van der Waals surface area contributed by atoms with Gasteiger partial charge in [0, 0.05) is 17.1 Å². The van der Waals surface area contributed by atoms with Crippen molar-refractivity contribution in [3.05, 3.63) is 94.5 Å². The molecule has 1 aliphatic heterocycles. The first-order chi connectivity index (χ1) is 16.0. The van der Waals surface area contributed by atoms with Crippen LogP contribution in [0, 0.1) is 0 Å². The standard InChI is InChI=1S/C23H19BrFN3O5/c24-13-16-19(33-22(30)15-9-5-2-6-10-15)18(25)21(32-16)28-12-11-17(27-23(28)31)26-20(29)14-7-3-1-4-8-14/h1-12,16,18-19,21H,13H2,(H,26,27,29,31). The van der Waals surface area contributed by atoms with Crippen LogP contribution in [0.5, 0.6) is 0 Å². The second-order valence-electron chi connectivity index (χ2n) is 7.22. The molecule has 4 rings (SSSR count). The largest absolute Gasteiger partial charge is 0.453 e. The molecule has 1 saturated heterocycles. The van der Waals surface area contributed by atoms with Crippen LogP contribution in [0.4, 0.5) is 10.2 Å². The number of hydrogen-bond donors (Lipinski definition) is 1. The zero-order valence-electron chi connectivity index (χ0n) is 17.1. The second kappa shape index (κ2) is 10.1.